The Balaban J connectivity index is 1.21. The molecule has 0 spiro atoms. The Morgan fingerprint density at radius 2 is 0.667 bits per heavy atom. The third kappa shape index (κ3) is 4.32. The minimum Gasteiger partial charge on any atom is -0.309 e. The highest BCUT2D eigenvalue weighted by Gasteiger charge is 2.38. The van der Waals surface area contributed by atoms with E-state index in [0.717, 1.165) is 12.5 Å². The third-order valence-corrected chi connectivity index (χ3v) is 15.5. The number of rotatable bonds is 7. The van der Waals surface area contributed by atoms with E-state index in [1.165, 1.54) is 70.5 Å². The molecular formula is C45H36N2Si. The van der Waals surface area contributed by atoms with Gasteiger partial charge < -0.3 is 9.13 Å². The fourth-order valence-corrected chi connectivity index (χ4v) is 13.1. The Labute approximate surface area is 282 Å². The zero-order chi connectivity index (χ0) is 32.1. The molecule has 9 rings (SSSR count). The van der Waals surface area contributed by atoms with E-state index < -0.39 is 8.07 Å². The molecule has 0 radical (unpaired) electrons. The van der Waals surface area contributed by atoms with E-state index in [1.54, 1.807) is 0 Å². The number of fused-ring (bicyclic) bond motifs is 6. The van der Waals surface area contributed by atoms with Crippen molar-refractivity contribution in [2.24, 2.45) is 0 Å². The molecule has 0 aliphatic carbocycles. The van der Waals surface area contributed by atoms with Crippen molar-refractivity contribution in [3.8, 4) is 11.4 Å². The molecule has 0 amide bonds. The lowest BCUT2D eigenvalue weighted by Gasteiger charge is -2.34. The topological polar surface area (TPSA) is 9.86 Å². The van der Waals surface area contributed by atoms with Crippen LogP contribution in [0.1, 0.15) is 13.3 Å². The Bertz CT molecular complexity index is 2290. The summed E-state index contributed by atoms with van der Waals surface area (Å²) in [5.74, 6) is 0. The van der Waals surface area contributed by atoms with Gasteiger partial charge in [-0.15, -0.1) is 0 Å². The molecule has 230 valence electrons. The van der Waals surface area contributed by atoms with Gasteiger partial charge >= 0.3 is 0 Å². The van der Waals surface area contributed by atoms with Gasteiger partial charge in [-0.1, -0.05) is 141 Å². The molecule has 3 heteroatoms. The zero-order valence-corrected chi connectivity index (χ0v) is 28.1. The monoisotopic (exact) mass is 632 g/mol. The molecule has 0 saturated heterocycles. The first-order valence-electron chi connectivity index (χ1n) is 17.0. The molecule has 0 aliphatic heterocycles. The predicted molar refractivity (Wildman–Crippen MR) is 208 cm³/mol. The number of nitrogens with zero attached hydrogens (tertiary/aromatic N) is 2. The summed E-state index contributed by atoms with van der Waals surface area (Å²) in [6, 6.07) is 66.6. The molecule has 0 saturated carbocycles. The van der Waals surface area contributed by atoms with Gasteiger partial charge in [-0.25, -0.2) is 0 Å². The Kier molecular flexibility index (Phi) is 6.88. The van der Waals surface area contributed by atoms with Gasteiger partial charge in [-0.3, -0.25) is 0 Å². The van der Waals surface area contributed by atoms with E-state index in [4.69, 9.17) is 0 Å². The van der Waals surface area contributed by atoms with Crippen LogP contribution in [-0.2, 0) is 0 Å². The average Bonchev–Trinajstić information content (AvgIpc) is 3.68. The number of hydrogen-bond acceptors (Lipinski definition) is 0. The lowest BCUT2D eigenvalue weighted by molar-refractivity contribution is 1.06. The Morgan fingerprint density at radius 1 is 0.354 bits per heavy atom. The molecule has 2 nitrogen and oxygen atoms in total. The second kappa shape index (κ2) is 11.6. The summed E-state index contributed by atoms with van der Waals surface area (Å²) < 4.78 is 4.83. The molecule has 9 aromatic rings. The molecule has 0 fully saturated rings. The van der Waals surface area contributed by atoms with Crippen molar-refractivity contribution in [3.05, 3.63) is 176 Å². The van der Waals surface area contributed by atoms with Gasteiger partial charge in [0.1, 0.15) is 8.07 Å². The maximum atomic E-state index is 2.43. The molecule has 48 heavy (non-hydrogen) atoms. The van der Waals surface area contributed by atoms with Gasteiger partial charge in [-0.05, 0) is 70.1 Å². The van der Waals surface area contributed by atoms with Gasteiger partial charge in [0.2, 0.25) is 0 Å². The number of para-hydroxylation sites is 4. The molecule has 0 bridgehead atoms. The molecule has 7 aromatic carbocycles. The maximum Gasteiger partial charge on any atom is 0.148 e. The van der Waals surface area contributed by atoms with E-state index in [0.29, 0.717) is 0 Å². The Morgan fingerprint density at radius 3 is 1.02 bits per heavy atom. The Hall–Kier alpha value is -5.64. The van der Waals surface area contributed by atoms with Crippen LogP contribution in [0, 0.1) is 0 Å². The number of aromatic nitrogens is 2. The summed E-state index contributed by atoms with van der Waals surface area (Å²) in [4.78, 5) is 0. The molecular weight excluding hydrogens is 597 g/mol. The van der Waals surface area contributed by atoms with Gasteiger partial charge in [0.15, 0.2) is 0 Å². The molecule has 0 atom stereocenters. The van der Waals surface area contributed by atoms with Crippen molar-refractivity contribution >= 4 is 67.2 Å². The van der Waals surface area contributed by atoms with Crippen LogP contribution in [0.5, 0.6) is 0 Å². The highest BCUT2D eigenvalue weighted by molar-refractivity contribution is 7.11. The van der Waals surface area contributed by atoms with E-state index in [2.05, 4.69) is 192 Å². The summed E-state index contributed by atoms with van der Waals surface area (Å²) in [7, 11) is -2.37. The lowest BCUT2D eigenvalue weighted by atomic mass is 10.2. The van der Waals surface area contributed by atoms with Crippen molar-refractivity contribution in [1.29, 1.82) is 0 Å². The van der Waals surface area contributed by atoms with E-state index >= 15 is 0 Å². The first-order chi connectivity index (χ1) is 23.8. The van der Waals surface area contributed by atoms with E-state index in [1.807, 2.05) is 0 Å². The van der Waals surface area contributed by atoms with Gasteiger partial charge in [0.25, 0.3) is 0 Å². The SMILES string of the molecule is CCC[Si](c1ccccc1)(c1ccc(-n2c3ccccc3c3ccccc32)cc1)c1ccc(-n2c3ccccc3c3ccccc32)cc1. The molecule has 0 aliphatic rings. The average molecular weight is 633 g/mol. The smallest absolute Gasteiger partial charge is 0.148 e. The van der Waals surface area contributed by atoms with Crippen LogP contribution in [-0.4, -0.2) is 17.2 Å². The zero-order valence-electron chi connectivity index (χ0n) is 27.1. The van der Waals surface area contributed by atoms with Gasteiger partial charge in [0, 0.05) is 32.9 Å². The van der Waals surface area contributed by atoms with Crippen molar-refractivity contribution in [3.63, 3.8) is 0 Å². The highest BCUT2D eigenvalue weighted by atomic mass is 28.3. The summed E-state index contributed by atoms with van der Waals surface area (Å²) >= 11 is 0. The quantitative estimate of drug-likeness (QED) is 0.122. The summed E-state index contributed by atoms with van der Waals surface area (Å²) in [5, 5.41) is 9.52. The number of hydrogen-bond donors (Lipinski definition) is 0. The van der Waals surface area contributed by atoms with Gasteiger partial charge in [0.05, 0.1) is 22.1 Å². The van der Waals surface area contributed by atoms with E-state index in [-0.39, 0.29) is 0 Å². The molecule has 0 unspecified atom stereocenters. The second-order valence-electron chi connectivity index (χ2n) is 12.9. The molecule has 2 aromatic heterocycles. The first-order valence-corrected chi connectivity index (χ1v) is 19.2. The van der Waals surface area contributed by atoms with Crippen molar-refractivity contribution in [2.45, 2.75) is 19.4 Å². The normalized spacial score (nSPS) is 12.0. The molecule has 0 N–H and O–H groups in total. The maximum absolute atomic E-state index is 2.43. The fourth-order valence-electron chi connectivity index (χ4n) is 8.22. The summed E-state index contributed by atoms with van der Waals surface area (Å²) in [5.41, 5.74) is 7.37. The standard InChI is InChI=1S/C45H36N2Si/c1-2-32-48(35-14-4-3-5-15-35,36-28-24-33(25-29-36)46-42-20-10-6-16-38(42)39-17-7-11-21-43(39)46)37-30-26-34(27-31-37)47-44-22-12-8-18-40(44)41-19-9-13-23-45(41)47/h3-31H,2,32H2,1H3. The van der Waals surface area contributed by atoms with Crippen LogP contribution < -0.4 is 15.6 Å². The van der Waals surface area contributed by atoms with Crippen LogP contribution in [0.25, 0.3) is 55.0 Å². The summed E-state index contributed by atoms with van der Waals surface area (Å²) in [6.07, 6.45) is 1.12. The minimum absolute atomic E-state index is 1.12. The minimum atomic E-state index is -2.37. The van der Waals surface area contributed by atoms with Crippen molar-refractivity contribution in [2.75, 3.05) is 0 Å². The van der Waals surface area contributed by atoms with Crippen molar-refractivity contribution < 1.29 is 0 Å². The second-order valence-corrected chi connectivity index (χ2v) is 16.9. The van der Waals surface area contributed by atoms with Crippen molar-refractivity contribution in [1.82, 2.24) is 9.13 Å². The van der Waals surface area contributed by atoms with Crippen LogP contribution in [0.2, 0.25) is 6.04 Å². The van der Waals surface area contributed by atoms with Crippen LogP contribution in [0.3, 0.4) is 0 Å². The summed E-state index contributed by atoms with van der Waals surface area (Å²) in [6.45, 7) is 2.34. The fraction of sp³-hybridized carbons (Fsp3) is 0.0667. The van der Waals surface area contributed by atoms with Crippen LogP contribution in [0.15, 0.2) is 176 Å². The molecule has 2 heterocycles. The van der Waals surface area contributed by atoms with Crippen LogP contribution in [0.4, 0.5) is 0 Å². The highest BCUT2D eigenvalue weighted by Crippen LogP contribution is 2.33. The lowest BCUT2D eigenvalue weighted by Crippen LogP contribution is -2.66. The first kappa shape index (κ1) is 28.6. The van der Waals surface area contributed by atoms with E-state index in [9.17, 15) is 0 Å². The third-order valence-electron chi connectivity index (χ3n) is 10.3. The van der Waals surface area contributed by atoms with Crippen LogP contribution >= 0.6 is 0 Å². The largest absolute Gasteiger partial charge is 0.309 e. The predicted octanol–water partition coefficient (Wildman–Crippen LogP) is 9.76. The van der Waals surface area contributed by atoms with Gasteiger partial charge in [-0.2, -0.15) is 0 Å². The number of benzene rings is 7.